The van der Waals surface area contributed by atoms with E-state index < -0.39 is 11.9 Å². The van der Waals surface area contributed by atoms with Crippen molar-refractivity contribution in [2.75, 3.05) is 25.6 Å². The standard InChI is InChI=1S/C10H13ClF3N3O/c1-18-6-7(11)2-4-15-9-16-5-3-8(17-9)10(12,13)14/h3,5,7H,2,4,6H2,1H3,(H,15,16,17). The number of ether oxygens (including phenoxy) is 1. The first-order chi connectivity index (χ1) is 8.43. The van der Waals surface area contributed by atoms with Crippen molar-refractivity contribution in [3.63, 3.8) is 0 Å². The highest BCUT2D eigenvalue weighted by molar-refractivity contribution is 6.20. The second kappa shape index (κ2) is 6.75. The molecule has 0 aromatic carbocycles. The Labute approximate surface area is 108 Å². The minimum atomic E-state index is -4.47. The van der Waals surface area contributed by atoms with Crippen LogP contribution in [0.5, 0.6) is 0 Å². The Morgan fingerprint density at radius 3 is 2.83 bits per heavy atom. The average Bonchev–Trinajstić information content (AvgIpc) is 2.29. The van der Waals surface area contributed by atoms with Gasteiger partial charge in [-0.05, 0) is 12.5 Å². The second-order valence-electron chi connectivity index (χ2n) is 3.53. The van der Waals surface area contributed by atoms with Crippen LogP contribution in [0.1, 0.15) is 12.1 Å². The molecule has 102 valence electrons. The fourth-order valence-corrected chi connectivity index (χ4v) is 1.44. The zero-order valence-corrected chi connectivity index (χ0v) is 10.4. The number of alkyl halides is 4. The van der Waals surface area contributed by atoms with E-state index >= 15 is 0 Å². The maximum absolute atomic E-state index is 12.4. The first-order valence-corrected chi connectivity index (χ1v) is 5.64. The van der Waals surface area contributed by atoms with Crippen LogP contribution in [0.15, 0.2) is 12.3 Å². The number of hydrogen-bond donors (Lipinski definition) is 1. The first-order valence-electron chi connectivity index (χ1n) is 5.20. The Morgan fingerprint density at radius 1 is 1.50 bits per heavy atom. The van der Waals surface area contributed by atoms with E-state index in [0.29, 0.717) is 19.6 Å². The summed E-state index contributed by atoms with van der Waals surface area (Å²) >= 11 is 5.87. The molecule has 1 heterocycles. The monoisotopic (exact) mass is 283 g/mol. The van der Waals surface area contributed by atoms with Gasteiger partial charge in [0.25, 0.3) is 0 Å². The van der Waals surface area contributed by atoms with Gasteiger partial charge in [0, 0.05) is 19.9 Å². The molecule has 0 saturated carbocycles. The number of nitrogens with zero attached hydrogens (tertiary/aromatic N) is 2. The van der Waals surface area contributed by atoms with Crippen molar-refractivity contribution in [1.29, 1.82) is 0 Å². The Kier molecular flexibility index (Phi) is 5.61. The molecule has 8 heteroatoms. The summed E-state index contributed by atoms with van der Waals surface area (Å²) in [5.41, 5.74) is -0.973. The third kappa shape index (κ3) is 5.05. The van der Waals surface area contributed by atoms with E-state index in [2.05, 4.69) is 15.3 Å². The summed E-state index contributed by atoms with van der Waals surface area (Å²) in [7, 11) is 1.53. The van der Waals surface area contributed by atoms with Crippen molar-refractivity contribution in [1.82, 2.24) is 9.97 Å². The van der Waals surface area contributed by atoms with Crippen LogP contribution in [0.25, 0.3) is 0 Å². The maximum atomic E-state index is 12.4. The summed E-state index contributed by atoms with van der Waals surface area (Å²) in [6.07, 6.45) is -2.87. The van der Waals surface area contributed by atoms with E-state index in [9.17, 15) is 13.2 Å². The summed E-state index contributed by atoms with van der Waals surface area (Å²) in [5, 5.41) is 2.48. The SMILES string of the molecule is COCC(Cl)CCNc1nccc(C(F)(F)F)n1. The van der Waals surface area contributed by atoms with Crippen molar-refractivity contribution in [3.05, 3.63) is 18.0 Å². The molecule has 4 nitrogen and oxygen atoms in total. The lowest BCUT2D eigenvalue weighted by Gasteiger charge is -2.10. The highest BCUT2D eigenvalue weighted by Crippen LogP contribution is 2.27. The van der Waals surface area contributed by atoms with Crippen molar-refractivity contribution >= 4 is 17.5 Å². The molecular formula is C10H13ClF3N3O. The molecule has 1 rings (SSSR count). The van der Waals surface area contributed by atoms with Gasteiger partial charge in [0.2, 0.25) is 5.95 Å². The molecule has 1 aromatic heterocycles. The summed E-state index contributed by atoms with van der Waals surface area (Å²) < 4.78 is 41.9. The van der Waals surface area contributed by atoms with Gasteiger partial charge in [-0.15, -0.1) is 11.6 Å². The molecule has 1 atom stereocenters. The van der Waals surface area contributed by atoms with Gasteiger partial charge in [0.1, 0.15) is 5.69 Å². The van der Waals surface area contributed by atoms with Gasteiger partial charge in [-0.3, -0.25) is 0 Å². The van der Waals surface area contributed by atoms with E-state index in [1.54, 1.807) is 0 Å². The minimum Gasteiger partial charge on any atom is -0.383 e. The fraction of sp³-hybridized carbons (Fsp3) is 0.600. The molecule has 18 heavy (non-hydrogen) atoms. The molecule has 0 bridgehead atoms. The van der Waals surface area contributed by atoms with Crippen molar-refractivity contribution < 1.29 is 17.9 Å². The molecule has 0 radical (unpaired) electrons. The molecule has 0 fully saturated rings. The van der Waals surface area contributed by atoms with Gasteiger partial charge in [0.15, 0.2) is 0 Å². The minimum absolute atomic E-state index is 0.0638. The van der Waals surface area contributed by atoms with Gasteiger partial charge in [-0.1, -0.05) is 0 Å². The van der Waals surface area contributed by atoms with Crippen molar-refractivity contribution in [2.45, 2.75) is 18.0 Å². The Hall–Kier alpha value is -1.08. The largest absolute Gasteiger partial charge is 0.433 e. The van der Waals surface area contributed by atoms with Crippen LogP contribution in [-0.4, -0.2) is 35.6 Å². The van der Waals surface area contributed by atoms with Crippen LogP contribution in [0.2, 0.25) is 0 Å². The van der Waals surface area contributed by atoms with E-state index in [4.69, 9.17) is 16.3 Å². The quantitative estimate of drug-likeness (QED) is 0.815. The van der Waals surface area contributed by atoms with Crippen LogP contribution in [-0.2, 0) is 10.9 Å². The van der Waals surface area contributed by atoms with E-state index in [1.807, 2.05) is 0 Å². The normalized spacial score (nSPS) is 13.4. The molecule has 0 spiro atoms. The molecule has 1 aromatic rings. The lowest BCUT2D eigenvalue weighted by atomic mass is 10.3. The molecular weight excluding hydrogens is 271 g/mol. The fourth-order valence-electron chi connectivity index (χ4n) is 1.21. The van der Waals surface area contributed by atoms with Gasteiger partial charge in [0.05, 0.1) is 12.0 Å². The number of halogens is 4. The van der Waals surface area contributed by atoms with Gasteiger partial charge in [-0.25, -0.2) is 9.97 Å². The lowest BCUT2D eigenvalue weighted by Crippen LogP contribution is -2.16. The Bertz CT molecular complexity index is 376. The number of rotatable bonds is 6. The van der Waals surface area contributed by atoms with Crippen LogP contribution in [0.4, 0.5) is 19.1 Å². The predicted molar refractivity (Wildman–Crippen MR) is 61.7 cm³/mol. The van der Waals surface area contributed by atoms with Crippen LogP contribution >= 0.6 is 11.6 Å². The number of aromatic nitrogens is 2. The number of nitrogens with one attached hydrogen (secondary N) is 1. The van der Waals surface area contributed by atoms with Gasteiger partial charge < -0.3 is 10.1 Å². The van der Waals surface area contributed by atoms with Crippen LogP contribution < -0.4 is 5.32 Å². The summed E-state index contributed by atoms with van der Waals surface area (Å²) in [6.45, 7) is 0.755. The zero-order valence-electron chi connectivity index (χ0n) is 9.67. The molecule has 0 aliphatic heterocycles. The molecule has 0 amide bonds. The Morgan fingerprint density at radius 2 is 2.22 bits per heavy atom. The first kappa shape index (κ1) is 15.0. The molecule has 0 aliphatic rings. The highest BCUT2D eigenvalue weighted by Gasteiger charge is 2.32. The van der Waals surface area contributed by atoms with E-state index in [1.165, 1.54) is 7.11 Å². The molecule has 0 saturated heterocycles. The topological polar surface area (TPSA) is 47.0 Å². The van der Waals surface area contributed by atoms with Crippen molar-refractivity contribution in [2.24, 2.45) is 0 Å². The lowest BCUT2D eigenvalue weighted by molar-refractivity contribution is -0.141. The molecule has 0 aliphatic carbocycles. The second-order valence-corrected chi connectivity index (χ2v) is 4.15. The van der Waals surface area contributed by atoms with Crippen molar-refractivity contribution in [3.8, 4) is 0 Å². The highest BCUT2D eigenvalue weighted by atomic mass is 35.5. The van der Waals surface area contributed by atoms with Crippen LogP contribution in [0.3, 0.4) is 0 Å². The summed E-state index contributed by atoms with van der Waals surface area (Å²) in [4.78, 5) is 7.06. The molecule has 1 N–H and O–H groups in total. The van der Waals surface area contributed by atoms with E-state index in [0.717, 1.165) is 12.3 Å². The average molecular weight is 284 g/mol. The number of hydrogen-bond acceptors (Lipinski definition) is 4. The third-order valence-corrected chi connectivity index (χ3v) is 2.38. The number of methoxy groups -OCH3 is 1. The Balaban J connectivity index is 2.48. The zero-order chi connectivity index (χ0) is 13.6. The number of anilines is 1. The summed E-state index contributed by atoms with van der Waals surface area (Å²) in [6, 6.07) is 0.820. The van der Waals surface area contributed by atoms with Gasteiger partial charge in [-0.2, -0.15) is 13.2 Å². The maximum Gasteiger partial charge on any atom is 0.433 e. The van der Waals surface area contributed by atoms with E-state index in [-0.39, 0.29) is 11.3 Å². The molecule has 1 unspecified atom stereocenters. The van der Waals surface area contributed by atoms with Crippen LogP contribution in [0, 0.1) is 0 Å². The summed E-state index contributed by atoms with van der Waals surface area (Å²) in [5.74, 6) is -0.0638. The smallest absolute Gasteiger partial charge is 0.383 e. The van der Waals surface area contributed by atoms with Gasteiger partial charge >= 0.3 is 6.18 Å². The third-order valence-electron chi connectivity index (χ3n) is 2.03. The predicted octanol–water partition coefficient (Wildman–Crippen LogP) is 2.55.